The SMILES string of the molecule is C=CCOC(=O)NCc1ccccc1-c1ccc([C@@H]2O[C@H](CSc3nnnn3C)C[C@H](c3ccc(CO)cc3)O2)cc1. The fourth-order valence-electron chi connectivity index (χ4n) is 4.66. The lowest BCUT2D eigenvalue weighted by Crippen LogP contribution is -2.31. The van der Waals surface area contributed by atoms with Gasteiger partial charge in [0.2, 0.25) is 5.16 Å². The van der Waals surface area contributed by atoms with Crippen molar-refractivity contribution in [2.24, 2.45) is 7.05 Å². The number of tetrazole rings is 1. The molecule has 0 unspecified atom stereocenters. The Morgan fingerprint density at radius 2 is 1.88 bits per heavy atom. The number of carbonyl (C=O) groups excluding carboxylic acids is 1. The quantitative estimate of drug-likeness (QED) is 0.182. The summed E-state index contributed by atoms with van der Waals surface area (Å²) in [5.41, 5.74) is 5.75. The molecular weight excluding hydrogens is 554 g/mol. The van der Waals surface area contributed by atoms with Gasteiger partial charge >= 0.3 is 6.09 Å². The van der Waals surface area contributed by atoms with E-state index in [4.69, 9.17) is 14.2 Å². The third-order valence-electron chi connectivity index (χ3n) is 6.86. The number of ether oxygens (including phenoxy) is 3. The minimum atomic E-state index is -0.574. The van der Waals surface area contributed by atoms with Crippen LogP contribution < -0.4 is 5.32 Å². The normalized spacial score (nSPS) is 18.4. The van der Waals surface area contributed by atoms with Crippen molar-refractivity contribution in [1.29, 1.82) is 0 Å². The van der Waals surface area contributed by atoms with E-state index in [1.54, 1.807) is 16.4 Å². The predicted molar refractivity (Wildman–Crippen MR) is 158 cm³/mol. The van der Waals surface area contributed by atoms with Gasteiger partial charge in [-0.2, -0.15) is 0 Å². The number of thioether (sulfide) groups is 1. The van der Waals surface area contributed by atoms with Crippen LogP contribution in [-0.4, -0.2) is 49.9 Å². The third kappa shape index (κ3) is 7.42. The van der Waals surface area contributed by atoms with Crippen molar-refractivity contribution < 1.29 is 24.1 Å². The number of nitrogens with one attached hydrogen (secondary N) is 1. The van der Waals surface area contributed by atoms with Crippen molar-refractivity contribution in [2.75, 3.05) is 12.4 Å². The Morgan fingerprint density at radius 1 is 1.12 bits per heavy atom. The van der Waals surface area contributed by atoms with Gasteiger partial charge in [-0.25, -0.2) is 9.48 Å². The zero-order valence-corrected chi connectivity index (χ0v) is 24.1. The summed E-state index contributed by atoms with van der Waals surface area (Å²) in [6.45, 7) is 4.04. The molecule has 0 spiro atoms. The van der Waals surface area contributed by atoms with Gasteiger partial charge in [-0.3, -0.25) is 0 Å². The molecule has 3 aromatic carbocycles. The monoisotopic (exact) mass is 587 g/mol. The summed E-state index contributed by atoms with van der Waals surface area (Å²) in [6, 6.07) is 23.8. The highest BCUT2D eigenvalue weighted by molar-refractivity contribution is 7.99. The number of carbonyl (C=O) groups is 1. The number of alkyl carbamates (subject to hydrolysis) is 1. The van der Waals surface area contributed by atoms with E-state index in [1.807, 2.05) is 79.8 Å². The second kappa shape index (κ2) is 14.2. The minimum Gasteiger partial charge on any atom is -0.445 e. The average molecular weight is 588 g/mol. The Balaban J connectivity index is 1.33. The van der Waals surface area contributed by atoms with E-state index in [9.17, 15) is 9.90 Å². The maximum Gasteiger partial charge on any atom is 0.407 e. The lowest BCUT2D eigenvalue weighted by Gasteiger charge is -2.36. The van der Waals surface area contributed by atoms with Crippen molar-refractivity contribution in [3.63, 3.8) is 0 Å². The number of aliphatic hydroxyl groups excluding tert-OH is 1. The van der Waals surface area contributed by atoms with Gasteiger partial charge in [-0.1, -0.05) is 97.2 Å². The van der Waals surface area contributed by atoms with Crippen LogP contribution in [0, 0.1) is 0 Å². The van der Waals surface area contributed by atoms with Crippen LogP contribution >= 0.6 is 11.8 Å². The highest BCUT2D eigenvalue weighted by Crippen LogP contribution is 2.39. The van der Waals surface area contributed by atoms with E-state index in [1.165, 1.54) is 6.08 Å². The number of hydrogen-bond acceptors (Lipinski definition) is 9. The summed E-state index contributed by atoms with van der Waals surface area (Å²) in [5.74, 6) is 0.660. The number of rotatable bonds is 11. The molecule has 1 fully saturated rings. The maximum absolute atomic E-state index is 11.9. The van der Waals surface area contributed by atoms with Crippen LogP contribution in [0.4, 0.5) is 4.79 Å². The molecule has 0 saturated carbocycles. The summed E-state index contributed by atoms with van der Waals surface area (Å²) in [6.07, 6.45) is 0.833. The number of amides is 1. The lowest BCUT2D eigenvalue weighted by atomic mass is 9.98. The number of nitrogens with zero attached hydrogens (tertiary/aromatic N) is 4. The molecule has 4 aromatic rings. The highest BCUT2D eigenvalue weighted by atomic mass is 32.2. The fourth-order valence-corrected chi connectivity index (χ4v) is 5.53. The fraction of sp³-hybridized carbons (Fsp3) is 0.290. The first-order valence-electron chi connectivity index (χ1n) is 13.6. The zero-order valence-electron chi connectivity index (χ0n) is 23.3. The van der Waals surface area contributed by atoms with Crippen molar-refractivity contribution in [3.05, 3.63) is 108 Å². The molecule has 2 heterocycles. The molecular formula is C31H33N5O5S. The van der Waals surface area contributed by atoms with Gasteiger partial charge < -0.3 is 24.6 Å². The molecule has 42 heavy (non-hydrogen) atoms. The molecule has 218 valence electrons. The number of aliphatic hydroxyl groups is 1. The zero-order chi connectivity index (χ0) is 29.3. The van der Waals surface area contributed by atoms with Crippen LogP contribution in [0.25, 0.3) is 11.1 Å². The number of aryl methyl sites for hydroxylation is 1. The van der Waals surface area contributed by atoms with E-state index in [0.717, 1.165) is 38.5 Å². The van der Waals surface area contributed by atoms with Crippen LogP contribution in [0.2, 0.25) is 0 Å². The third-order valence-corrected chi connectivity index (χ3v) is 8.00. The van der Waals surface area contributed by atoms with Crippen LogP contribution in [0.5, 0.6) is 0 Å². The number of hydrogen-bond donors (Lipinski definition) is 2. The van der Waals surface area contributed by atoms with Gasteiger partial charge in [0, 0.05) is 31.3 Å². The summed E-state index contributed by atoms with van der Waals surface area (Å²) in [7, 11) is 1.81. The molecule has 0 aliphatic carbocycles. The second-order valence-electron chi connectivity index (χ2n) is 9.77. The van der Waals surface area contributed by atoms with Gasteiger partial charge in [0.15, 0.2) is 6.29 Å². The van der Waals surface area contributed by atoms with E-state index in [2.05, 4.69) is 27.4 Å². The Hall–Kier alpha value is -4.03. The molecule has 1 aromatic heterocycles. The highest BCUT2D eigenvalue weighted by Gasteiger charge is 2.32. The van der Waals surface area contributed by atoms with Crippen molar-refractivity contribution in [2.45, 2.75) is 43.2 Å². The summed E-state index contributed by atoms with van der Waals surface area (Å²) in [5, 5.41) is 24.7. The first kappa shape index (κ1) is 29.5. The van der Waals surface area contributed by atoms with E-state index < -0.39 is 12.4 Å². The number of benzene rings is 3. The van der Waals surface area contributed by atoms with Crippen LogP contribution in [-0.2, 0) is 34.4 Å². The molecule has 0 bridgehead atoms. The second-order valence-corrected chi connectivity index (χ2v) is 10.8. The van der Waals surface area contributed by atoms with E-state index in [0.29, 0.717) is 18.7 Å². The minimum absolute atomic E-state index is 0.00647. The summed E-state index contributed by atoms with van der Waals surface area (Å²) >= 11 is 1.54. The first-order chi connectivity index (χ1) is 20.5. The Kier molecular flexibility index (Phi) is 9.98. The molecule has 1 saturated heterocycles. The average Bonchev–Trinajstić information content (AvgIpc) is 3.46. The van der Waals surface area contributed by atoms with Crippen molar-refractivity contribution in [3.8, 4) is 11.1 Å². The molecule has 5 rings (SSSR count). The molecule has 10 nitrogen and oxygen atoms in total. The molecule has 1 amide bonds. The van der Waals surface area contributed by atoms with Gasteiger partial charge in [-0.15, -0.1) is 5.10 Å². The smallest absolute Gasteiger partial charge is 0.407 e. The standard InChI is InChI=1S/C31H33N5O5S/c1-3-16-39-31(38)32-18-25-6-4-5-7-27(25)22-12-14-24(15-13-22)29-40-26(20-42-30-33-34-35-36(30)2)17-28(41-29)23-10-8-21(19-37)9-11-23/h3-15,26,28-29,37H,1,16-20H2,2H3,(H,32,38)/t26-,28+,29+/m0/s1. The predicted octanol–water partition coefficient (Wildman–Crippen LogP) is 5.12. The Morgan fingerprint density at radius 3 is 2.60 bits per heavy atom. The molecule has 3 atom stereocenters. The molecule has 2 N–H and O–H groups in total. The van der Waals surface area contributed by atoms with E-state index in [-0.39, 0.29) is 25.4 Å². The largest absolute Gasteiger partial charge is 0.445 e. The van der Waals surface area contributed by atoms with Crippen molar-refractivity contribution >= 4 is 17.9 Å². The first-order valence-corrected chi connectivity index (χ1v) is 14.6. The lowest BCUT2D eigenvalue weighted by molar-refractivity contribution is -0.245. The topological polar surface area (TPSA) is 121 Å². The molecule has 1 aliphatic heterocycles. The van der Waals surface area contributed by atoms with Gasteiger partial charge in [-0.05, 0) is 38.2 Å². The van der Waals surface area contributed by atoms with Gasteiger partial charge in [0.1, 0.15) is 6.61 Å². The molecule has 0 radical (unpaired) electrons. The molecule has 1 aliphatic rings. The van der Waals surface area contributed by atoms with Crippen LogP contribution in [0.1, 0.15) is 41.1 Å². The molecule has 11 heteroatoms. The van der Waals surface area contributed by atoms with Gasteiger partial charge in [0.05, 0.1) is 18.8 Å². The van der Waals surface area contributed by atoms with Crippen molar-refractivity contribution in [1.82, 2.24) is 25.5 Å². The van der Waals surface area contributed by atoms with Crippen LogP contribution in [0.3, 0.4) is 0 Å². The maximum atomic E-state index is 11.9. The summed E-state index contributed by atoms with van der Waals surface area (Å²) < 4.78 is 19.6. The number of aromatic nitrogens is 4. The Labute approximate surface area is 248 Å². The Bertz CT molecular complexity index is 1480. The van der Waals surface area contributed by atoms with Gasteiger partial charge in [0.25, 0.3) is 0 Å². The van der Waals surface area contributed by atoms with E-state index >= 15 is 0 Å². The van der Waals surface area contributed by atoms with Crippen LogP contribution in [0.15, 0.2) is 90.6 Å². The summed E-state index contributed by atoms with van der Waals surface area (Å²) in [4.78, 5) is 11.9.